The summed E-state index contributed by atoms with van der Waals surface area (Å²) in [4.78, 5) is 23.3. The van der Waals surface area contributed by atoms with Crippen LogP contribution in [0.15, 0.2) is 61.7 Å². The third kappa shape index (κ3) is 4.17. The molecule has 0 atom stereocenters. The molecule has 140 valence electrons. The number of carboxylic acid groups (broad SMARTS) is 2. The minimum absolute atomic E-state index is 0.238. The number of carbonyl (C=O) groups is 2. The van der Waals surface area contributed by atoms with Gasteiger partial charge in [0.25, 0.3) is 0 Å². The molecule has 0 heterocycles. The Kier molecular flexibility index (Phi) is 6.01. The van der Waals surface area contributed by atoms with Crippen LogP contribution in [0.25, 0.3) is 0 Å². The largest absolute Gasteiger partial charge is 0.478 e. The standard InChI is InChI=1S/C23H24O4/c1-5-7-15-9-11-17(13-19(15)21(24)25)23(3,4)18-12-10-16(8-6-2)20(14-18)22(26)27/h5-6,9-14H,1-2,7-8H2,3-4H3,(H,24,25)(H,26,27). The fourth-order valence-corrected chi connectivity index (χ4v) is 3.16. The lowest BCUT2D eigenvalue weighted by molar-refractivity contribution is 0.0685. The van der Waals surface area contributed by atoms with Crippen LogP contribution in [0.2, 0.25) is 0 Å². The van der Waals surface area contributed by atoms with Gasteiger partial charge in [0.15, 0.2) is 0 Å². The molecular formula is C23H24O4. The van der Waals surface area contributed by atoms with E-state index in [2.05, 4.69) is 13.2 Å². The van der Waals surface area contributed by atoms with E-state index in [1.54, 1.807) is 36.4 Å². The number of allylic oxidation sites excluding steroid dienone is 2. The van der Waals surface area contributed by atoms with Crippen LogP contribution in [0.4, 0.5) is 0 Å². The van der Waals surface area contributed by atoms with E-state index in [1.165, 1.54) is 0 Å². The first-order valence-corrected chi connectivity index (χ1v) is 8.67. The zero-order chi connectivity index (χ0) is 20.2. The van der Waals surface area contributed by atoms with E-state index in [0.717, 1.165) is 11.1 Å². The zero-order valence-electron chi connectivity index (χ0n) is 15.7. The van der Waals surface area contributed by atoms with Gasteiger partial charge in [0.1, 0.15) is 0 Å². The van der Waals surface area contributed by atoms with Crippen LogP contribution < -0.4 is 0 Å². The van der Waals surface area contributed by atoms with Gasteiger partial charge in [0.05, 0.1) is 11.1 Å². The number of carboxylic acids is 2. The highest BCUT2D eigenvalue weighted by Crippen LogP contribution is 2.34. The minimum Gasteiger partial charge on any atom is -0.478 e. The molecule has 0 unspecified atom stereocenters. The third-order valence-corrected chi connectivity index (χ3v) is 4.85. The Bertz CT molecular complexity index is 833. The molecule has 0 aliphatic rings. The lowest BCUT2D eigenvalue weighted by atomic mass is 9.76. The summed E-state index contributed by atoms with van der Waals surface area (Å²) in [5.41, 5.74) is 2.92. The van der Waals surface area contributed by atoms with Crippen molar-refractivity contribution < 1.29 is 19.8 Å². The van der Waals surface area contributed by atoms with Crippen molar-refractivity contribution >= 4 is 11.9 Å². The summed E-state index contributed by atoms with van der Waals surface area (Å²) in [5.74, 6) is -1.98. The molecule has 0 aliphatic heterocycles. The average molecular weight is 364 g/mol. The van der Waals surface area contributed by atoms with Gasteiger partial charge in [-0.3, -0.25) is 0 Å². The minimum atomic E-state index is -0.989. The van der Waals surface area contributed by atoms with Crippen molar-refractivity contribution in [2.75, 3.05) is 0 Å². The molecule has 4 heteroatoms. The molecule has 27 heavy (non-hydrogen) atoms. The number of benzene rings is 2. The maximum Gasteiger partial charge on any atom is 0.335 e. The second-order valence-corrected chi connectivity index (χ2v) is 6.96. The van der Waals surface area contributed by atoms with E-state index in [1.807, 2.05) is 26.0 Å². The van der Waals surface area contributed by atoms with Crippen LogP contribution in [0.3, 0.4) is 0 Å². The molecule has 0 aliphatic carbocycles. The number of rotatable bonds is 8. The lowest BCUT2D eigenvalue weighted by Crippen LogP contribution is -2.21. The van der Waals surface area contributed by atoms with Crippen LogP contribution in [0, 0.1) is 0 Å². The van der Waals surface area contributed by atoms with Crippen molar-refractivity contribution in [2.24, 2.45) is 0 Å². The first kappa shape index (κ1) is 20.2. The topological polar surface area (TPSA) is 74.6 Å². The number of aromatic carboxylic acids is 2. The lowest BCUT2D eigenvalue weighted by Gasteiger charge is -2.27. The van der Waals surface area contributed by atoms with Crippen molar-refractivity contribution in [3.05, 3.63) is 95.1 Å². The van der Waals surface area contributed by atoms with E-state index in [9.17, 15) is 19.8 Å². The van der Waals surface area contributed by atoms with E-state index in [0.29, 0.717) is 24.0 Å². The summed E-state index contributed by atoms with van der Waals surface area (Å²) in [6.45, 7) is 11.2. The molecule has 2 aromatic rings. The van der Waals surface area contributed by atoms with Gasteiger partial charge in [-0.2, -0.15) is 0 Å². The van der Waals surface area contributed by atoms with Crippen LogP contribution in [-0.2, 0) is 18.3 Å². The first-order chi connectivity index (χ1) is 12.7. The Hall–Kier alpha value is -3.14. The summed E-state index contributed by atoms with van der Waals surface area (Å²) < 4.78 is 0. The van der Waals surface area contributed by atoms with E-state index >= 15 is 0 Å². The highest BCUT2D eigenvalue weighted by Gasteiger charge is 2.26. The normalized spacial score (nSPS) is 11.0. The molecule has 0 spiro atoms. The van der Waals surface area contributed by atoms with Gasteiger partial charge in [-0.15, -0.1) is 13.2 Å². The Morgan fingerprint density at radius 3 is 1.52 bits per heavy atom. The monoisotopic (exact) mass is 364 g/mol. The highest BCUT2D eigenvalue weighted by atomic mass is 16.4. The van der Waals surface area contributed by atoms with Gasteiger partial charge < -0.3 is 10.2 Å². The summed E-state index contributed by atoms with van der Waals surface area (Å²) in [6.07, 6.45) is 4.29. The van der Waals surface area contributed by atoms with Crippen molar-refractivity contribution in [2.45, 2.75) is 32.1 Å². The molecule has 4 nitrogen and oxygen atoms in total. The summed E-state index contributed by atoms with van der Waals surface area (Å²) in [7, 11) is 0. The molecule has 2 aromatic carbocycles. The van der Waals surface area contributed by atoms with Crippen molar-refractivity contribution in [1.82, 2.24) is 0 Å². The first-order valence-electron chi connectivity index (χ1n) is 8.67. The Morgan fingerprint density at radius 2 is 1.22 bits per heavy atom. The zero-order valence-corrected chi connectivity index (χ0v) is 15.7. The fourth-order valence-electron chi connectivity index (χ4n) is 3.16. The van der Waals surface area contributed by atoms with Gasteiger partial charge in [-0.1, -0.05) is 50.3 Å². The maximum atomic E-state index is 11.7. The summed E-state index contributed by atoms with van der Waals surface area (Å²) >= 11 is 0. The predicted octanol–water partition coefficient (Wildman–Crippen LogP) is 4.87. The second-order valence-electron chi connectivity index (χ2n) is 6.96. The highest BCUT2D eigenvalue weighted by molar-refractivity contribution is 5.90. The van der Waals surface area contributed by atoms with Crippen molar-refractivity contribution in [1.29, 1.82) is 0 Å². The van der Waals surface area contributed by atoms with Crippen LogP contribution in [-0.4, -0.2) is 22.2 Å². The number of hydrogen-bond acceptors (Lipinski definition) is 2. The molecule has 0 radical (unpaired) electrons. The predicted molar refractivity (Wildman–Crippen MR) is 107 cm³/mol. The van der Waals surface area contributed by atoms with Gasteiger partial charge in [-0.05, 0) is 47.2 Å². The van der Waals surface area contributed by atoms with Crippen LogP contribution >= 0.6 is 0 Å². The molecule has 2 rings (SSSR count). The molecule has 0 saturated heterocycles. The van der Waals surface area contributed by atoms with Crippen LogP contribution in [0.1, 0.15) is 56.8 Å². The van der Waals surface area contributed by atoms with Gasteiger partial charge in [-0.25, -0.2) is 9.59 Å². The molecule has 0 bridgehead atoms. The van der Waals surface area contributed by atoms with Crippen LogP contribution in [0.5, 0.6) is 0 Å². The van der Waals surface area contributed by atoms with E-state index in [4.69, 9.17) is 0 Å². The molecule has 0 amide bonds. The summed E-state index contributed by atoms with van der Waals surface area (Å²) in [6, 6.07) is 10.7. The number of hydrogen-bond donors (Lipinski definition) is 2. The smallest absolute Gasteiger partial charge is 0.335 e. The third-order valence-electron chi connectivity index (χ3n) is 4.85. The van der Waals surface area contributed by atoms with Crippen molar-refractivity contribution in [3.8, 4) is 0 Å². The molecule has 2 N–H and O–H groups in total. The quantitative estimate of drug-likeness (QED) is 0.656. The van der Waals surface area contributed by atoms with E-state index < -0.39 is 17.4 Å². The Labute approximate surface area is 159 Å². The second kappa shape index (κ2) is 8.04. The molecule has 0 aromatic heterocycles. The maximum absolute atomic E-state index is 11.7. The average Bonchev–Trinajstić information content (AvgIpc) is 2.62. The molecule has 0 saturated carbocycles. The van der Waals surface area contributed by atoms with Gasteiger partial charge >= 0.3 is 11.9 Å². The van der Waals surface area contributed by atoms with Crippen molar-refractivity contribution in [3.63, 3.8) is 0 Å². The summed E-state index contributed by atoms with van der Waals surface area (Å²) in [5, 5.41) is 19.1. The fraction of sp³-hybridized carbons (Fsp3) is 0.217. The molecular weight excluding hydrogens is 340 g/mol. The van der Waals surface area contributed by atoms with Gasteiger partial charge in [0, 0.05) is 5.41 Å². The van der Waals surface area contributed by atoms with E-state index in [-0.39, 0.29) is 11.1 Å². The van der Waals surface area contributed by atoms with Gasteiger partial charge in [0.2, 0.25) is 0 Å². The molecule has 0 fully saturated rings. The SMILES string of the molecule is C=CCc1ccc(C(C)(C)c2ccc(CC=C)c(C(=O)O)c2)cc1C(=O)O. The Balaban J connectivity index is 2.58. The Morgan fingerprint density at radius 1 is 0.852 bits per heavy atom.